The molecule has 0 amide bonds. The number of aromatic nitrogens is 1. The molecule has 0 saturated carbocycles. The summed E-state index contributed by atoms with van der Waals surface area (Å²) in [4.78, 5) is 9.08. The Morgan fingerprint density at radius 1 is 1.17 bits per heavy atom. The number of hydrogen-bond acceptors (Lipinski definition) is 5. The third-order valence-electron chi connectivity index (χ3n) is 3.85. The molecule has 0 fully saturated rings. The summed E-state index contributed by atoms with van der Waals surface area (Å²) in [6.45, 7) is 8.03. The van der Waals surface area contributed by atoms with Crippen LogP contribution in [0.25, 0.3) is 0 Å². The van der Waals surface area contributed by atoms with Crippen molar-refractivity contribution in [2.45, 2.75) is 52.5 Å². The zero-order chi connectivity index (χ0) is 16.5. The molecule has 0 aliphatic carbocycles. The topological polar surface area (TPSA) is 61.3 Å². The molecule has 126 valence electrons. The summed E-state index contributed by atoms with van der Waals surface area (Å²) in [7, 11) is 0. The smallest absolute Gasteiger partial charge is 0.126 e. The highest BCUT2D eigenvalue weighted by Gasteiger charge is 2.10. The van der Waals surface area contributed by atoms with E-state index in [0.29, 0.717) is 12.7 Å². The predicted molar refractivity (Wildman–Crippen MR) is 97.8 cm³/mol. The lowest BCUT2D eigenvalue weighted by Crippen LogP contribution is -2.30. The van der Waals surface area contributed by atoms with Crippen molar-refractivity contribution in [3.63, 3.8) is 0 Å². The number of nitrogens with one attached hydrogen (secondary N) is 3. The van der Waals surface area contributed by atoms with Crippen LogP contribution in [0.2, 0.25) is 0 Å². The zero-order valence-corrected chi connectivity index (χ0v) is 14.5. The van der Waals surface area contributed by atoms with Gasteiger partial charge in [-0.25, -0.2) is 4.98 Å². The minimum Gasteiger partial charge on any atom is -0.372 e. The molecule has 0 radical (unpaired) electrons. The van der Waals surface area contributed by atoms with Gasteiger partial charge in [0.05, 0.1) is 5.71 Å². The molecule has 5 heteroatoms. The summed E-state index contributed by atoms with van der Waals surface area (Å²) in [5.74, 6) is 1.97. The fourth-order valence-corrected chi connectivity index (χ4v) is 2.75. The number of aliphatic imine (C=N–C) groups is 1. The lowest BCUT2D eigenvalue weighted by Gasteiger charge is -2.19. The highest BCUT2D eigenvalue weighted by atomic mass is 15.1. The van der Waals surface area contributed by atoms with Crippen LogP contribution in [0.5, 0.6) is 0 Å². The van der Waals surface area contributed by atoms with Crippen molar-refractivity contribution in [1.82, 2.24) is 15.6 Å². The molecule has 0 aromatic carbocycles. The normalized spacial score (nSPS) is 14.1. The lowest BCUT2D eigenvalue weighted by atomic mass is 10.1. The average molecular weight is 315 g/mol. The third kappa shape index (κ3) is 5.27. The van der Waals surface area contributed by atoms with E-state index in [0.717, 1.165) is 29.5 Å². The summed E-state index contributed by atoms with van der Waals surface area (Å²) in [5, 5.41) is 10.1. The van der Waals surface area contributed by atoms with Gasteiger partial charge in [0.25, 0.3) is 0 Å². The van der Waals surface area contributed by atoms with Crippen LogP contribution in [0.1, 0.15) is 52.0 Å². The van der Waals surface area contributed by atoms with E-state index in [2.05, 4.69) is 58.8 Å². The Hall–Kier alpha value is -2.04. The summed E-state index contributed by atoms with van der Waals surface area (Å²) in [6.07, 6.45) is 8.69. The first kappa shape index (κ1) is 17.3. The van der Waals surface area contributed by atoms with Gasteiger partial charge in [-0.05, 0) is 31.9 Å². The number of hydrogen-bond donors (Lipinski definition) is 3. The molecule has 1 aliphatic rings. The molecular formula is C18H29N5. The molecule has 2 rings (SSSR count). The van der Waals surface area contributed by atoms with Gasteiger partial charge in [0.2, 0.25) is 0 Å². The first-order valence-electron chi connectivity index (χ1n) is 8.73. The molecule has 0 bridgehead atoms. The van der Waals surface area contributed by atoms with Crippen LogP contribution in [0, 0.1) is 0 Å². The molecule has 3 N–H and O–H groups in total. The van der Waals surface area contributed by atoms with Crippen LogP contribution < -0.4 is 16.0 Å². The van der Waals surface area contributed by atoms with Gasteiger partial charge in [-0.2, -0.15) is 0 Å². The number of allylic oxidation sites excluding steroid dienone is 1. The van der Waals surface area contributed by atoms with Gasteiger partial charge in [-0.15, -0.1) is 0 Å². The molecule has 1 aliphatic heterocycles. The van der Waals surface area contributed by atoms with E-state index in [1.165, 1.54) is 25.7 Å². The van der Waals surface area contributed by atoms with Crippen molar-refractivity contribution >= 4 is 11.5 Å². The van der Waals surface area contributed by atoms with E-state index >= 15 is 0 Å². The molecule has 0 unspecified atom stereocenters. The van der Waals surface area contributed by atoms with E-state index in [9.17, 15) is 0 Å². The maximum absolute atomic E-state index is 4.57. The molecule has 5 nitrogen and oxygen atoms in total. The molecule has 2 heterocycles. The van der Waals surface area contributed by atoms with Crippen molar-refractivity contribution in [1.29, 1.82) is 0 Å². The van der Waals surface area contributed by atoms with Crippen LogP contribution in [-0.2, 0) is 0 Å². The maximum Gasteiger partial charge on any atom is 0.126 e. The van der Waals surface area contributed by atoms with Crippen LogP contribution in [0.15, 0.2) is 35.2 Å². The largest absolute Gasteiger partial charge is 0.372 e. The quantitative estimate of drug-likeness (QED) is 0.654. The van der Waals surface area contributed by atoms with Gasteiger partial charge in [0, 0.05) is 30.4 Å². The van der Waals surface area contributed by atoms with Gasteiger partial charge in [-0.3, -0.25) is 4.99 Å². The Morgan fingerprint density at radius 3 is 2.57 bits per heavy atom. The first-order chi connectivity index (χ1) is 11.3. The maximum atomic E-state index is 4.57. The monoisotopic (exact) mass is 315 g/mol. The number of pyridine rings is 1. The van der Waals surface area contributed by atoms with Gasteiger partial charge in [-0.1, -0.05) is 26.7 Å². The lowest BCUT2D eigenvalue weighted by molar-refractivity contribution is 0.584. The SMILES string of the molecule is CCCC(CCC)Nc1ccc(C2=NCNC(NCC)=C2)cn1. The number of anilines is 1. The number of nitrogens with zero attached hydrogens (tertiary/aromatic N) is 2. The van der Waals surface area contributed by atoms with Crippen molar-refractivity contribution < 1.29 is 0 Å². The highest BCUT2D eigenvalue weighted by Crippen LogP contribution is 2.14. The molecule has 0 atom stereocenters. The summed E-state index contributed by atoms with van der Waals surface area (Å²) in [6, 6.07) is 4.66. The van der Waals surface area contributed by atoms with Crippen molar-refractivity contribution in [2.24, 2.45) is 4.99 Å². The fourth-order valence-electron chi connectivity index (χ4n) is 2.75. The van der Waals surface area contributed by atoms with Crippen LogP contribution in [0.3, 0.4) is 0 Å². The molecule has 0 saturated heterocycles. The zero-order valence-electron chi connectivity index (χ0n) is 14.5. The Kier molecular flexibility index (Phi) is 6.91. The Bertz CT molecular complexity index is 527. The predicted octanol–water partition coefficient (Wildman–Crippen LogP) is 3.26. The third-order valence-corrected chi connectivity index (χ3v) is 3.85. The van der Waals surface area contributed by atoms with Crippen molar-refractivity contribution in [3.05, 3.63) is 35.8 Å². The second kappa shape index (κ2) is 9.18. The van der Waals surface area contributed by atoms with Crippen molar-refractivity contribution in [2.75, 3.05) is 18.5 Å². The van der Waals surface area contributed by atoms with Gasteiger partial charge >= 0.3 is 0 Å². The van der Waals surface area contributed by atoms with Gasteiger partial charge in [0.1, 0.15) is 18.3 Å². The standard InChI is InChI=1S/C18H29N5/c1-4-7-15(8-5-2)23-17-10-9-14(12-20-17)16-11-18(19-6-3)22-13-21-16/h9-12,15,19,22H,4-8,13H2,1-3H3,(H,20,23). The fraction of sp³-hybridized carbons (Fsp3) is 0.556. The second-order valence-corrected chi connectivity index (χ2v) is 5.82. The Labute approximate surface area is 139 Å². The average Bonchev–Trinajstić information content (AvgIpc) is 2.57. The second-order valence-electron chi connectivity index (χ2n) is 5.82. The molecular weight excluding hydrogens is 286 g/mol. The Balaban J connectivity index is 2.03. The minimum absolute atomic E-state index is 0.514. The Morgan fingerprint density at radius 2 is 1.96 bits per heavy atom. The first-order valence-corrected chi connectivity index (χ1v) is 8.73. The molecule has 1 aromatic rings. The van der Waals surface area contributed by atoms with E-state index in [1.54, 1.807) is 0 Å². The van der Waals surface area contributed by atoms with Crippen LogP contribution in [-0.4, -0.2) is 30.0 Å². The summed E-state index contributed by atoms with van der Waals surface area (Å²) < 4.78 is 0. The van der Waals surface area contributed by atoms with E-state index in [-0.39, 0.29) is 0 Å². The highest BCUT2D eigenvalue weighted by molar-refractivity contribution is 6.09. The van der Waals surface area contributed by atoms with Crippen LogP contribution >= 0.6 is 0 Å². The summed E-state index contributed by atoms with van der Waals surface area (Å²) in [5.41, 5.74) is 2.02. The molecule has 0 spiro atoms. The van der Waals surface area contributed by atoms with E-state index in [1.807, 2.05) is 12.3 Å². The van der Waals surface area contributed by atoms with Crippen LogP contribution in [0.4, 0.5) is 5.82 Å². The van der Waals surface area contributed by atoms with Crippen molar-refractivity contribution in [3.8, 4) is 0 Å². The summed E-state index contributed by atoms with van der Waals surface area (Å²) >= 11 is 0. The van der Waals surface area contributed by atoms with Gasteiger partial charge in [0.15, 0.2) is 0 Å². The number of rotatable bonds is 9. The van der Waals surface area contributed by atoms with E-state index < -0.39 is 0 Å². The molecule has 1 aromatic heterocycles. The van der Waals surface area contributed by atoms with E-state index in [4.69, 9.17) is 0 Å². The minimum atomic E-state index is 0.514. The molecule has 23 heavy (non-hydrogen) atoms. The van der Waals surface area contributed by atoms with Gasteiger partial charge < -0.3 is 16.0 Å².